The normalized spacial score (nSPS) is 10.2. The molecule has 0 aliphatic carbocycles. The van der Waals surface area contributed by atoms with Crippen LogP contribution in [0.25, 0.3) is 0 Å². The molecule has 1 N–H and O–H groups in total. The van der Waals surface area contributed by atoms with Crippen LogP contribution < -0.4 is 10.3 Å². The summed E-state index contributed by atoms with van der Waals surface area (Å²) in [6, 6.07) is 4.71. The summed E-state index contributed by atoms with van der Waals surface area (Å²) >= 11 is 1.77. The molecule has 0 fully saturated rings. The van der Waals surface area contributed by atoms with Crippen LogP contribution in [0, 0.1) is 20.6 Å². The Hall–Kier alpha value is -1.97. The van der Waals surface area contributed by atoms with Crippen molar-refractivity contribution in [3.8, 4) is 11.6 Å². The second-order valence-electron chi connectivity index (χ2n) is 3.63. The number of aryl methyl sites for hydroxylation is 1. The number of H-pyrrole nitrogens is 1. The van der Waals surface area contributed by atoms with Crippen molar-refractivity contribution in [2.45, 2.75) is 6.92 Å². The van der Waals surface area contributed by atoms with Gasteiger partial charge in [-0.25, -0.2) is 4.98 Å². The highest BCUT2D eigenvalue weighted by molar-refractivity contribution is 14.1. The SMILES string of the molecule is Cc1cccc(Oc2nc[nH]c(=O)c2I)c1[N+](=O)[O-]. The van der Waals surface area contributed by atoms with Crippen molar-refractivity contribution in [3.05, 3.63) is 54.1 Å². The molecule has 0 atom stereocenters. The number of aromatic nitrogens is 2. The third-order valence-corrected chi connectivity index (χ3v) is 3.31. The van der Waals surface area contributed by atoms with Gasteiger partial charge in [0, 0.05) is 5.56 Å². The number of hydrogen-bond donors (Lipinski definition) is 1. The Balaban J connectivity index is 2.50. The van der Waals surface area contributed by atoms with Gasteiger partial charge in [0.2, 0.25) is 11.6 Å². The second-order valence-corrected chi connectivity index (χ2v) is 4.71. The maximum absolute atomic E-state index is 11.4. The number of nitro groups is 1. The Bertz CT molecular complexity index is 699. The lowest BCUT2D eigenvalue weighted by Gasteiger charge is -2.07. The predicted molar refractivity (Wildman–Crippen MR) is 75.5 cm³/mol. The fourth-order valence-corrected chi connectivity index (χ4v) is 1.90. The van der Waals surface area contributed by atoms with Gasteiger partial charge in [-0.2, -0.15) is 0 Å². The maximum Gasteiger partial charge on any atom is 0.314 e. The molecule has 0 saturated carbocycles. The van der Waals surface area contributed by atoms with Crippen LogP contribution in [0.15, 0.2) is 29.3 Å². The van der Waals surface area contributed by atoms with Crippen LogP contribution in [0.4, 0.5) is 5.69 Å². The van der Waals surface area contributed by atoms with Crippen LogP contribution in [-0.2, 0) is 0 Å². The summed E-state index contributed by atoms with van der Waals surface area (Å²) in [6.07, 6.45) is 1.18. The molecule has 0 amide bonds. The largest absolute Gasteiger partial charge is 0.430 e. The second kappa shape index (κ2) is 5.34. The summed E-state index contributed by atoms with van der Waals surface area (Å²) in [4.78, 5) is 28.1. The van der Waals surface area contributed by atoms with Gasteiger partial charge in [-0.3, -0.25) is 14.9 Å². The van der Waals surface area contributed by atoms with Crippen molar-refractivity contribution >= 4 is 28.3 Å². The minimum Gasteiger partial charge on any atom is -0.430 e. The molecule has 1 aromatic carbocycles. The predicted octanol–water partition coefficient (Wildman–Crippen LogP) is 2.38. The summed E-state index contributed by atoms with van der Waals surface area (Å²) in [5.41, 5.74) is -0.0244. The van der Waals surface area contributed by atoms with E-state index in [9.17, 15) is 14.9 Å². The smallest absolute Gasteiger partial charge is 0.314 e. The minimum atomic E-state index is -0.523. The summed E-state index contributed by atoms with van der Waals surface area (Å²) in [5.74, 6) is 0.0964. The molecule has 0 aliphatic rings. The Labute approximate surface area is 120 Å². The quantitative estimate of drug-likeness (QED) is 0.506. The molecule has 19 heavy (non-hydrogen) atoms. The Morgan fingerprint density at radius 1 is 1.47 bits per heavy atom. The van der Waals surface area contributed by atoms with E-state index in [4.69, 9.17) is 4.74 Å². The molecule has 0 bridgehead atoms. The standard InChI is InChI=1S/C11H8IN3O4/c1-6-3-2-4-7(9(6)15(17)18)19-11-8(12)10(16)13-5-14-11/h2-5H,1H3,(H,13,14,16). The molecule has 8 heteroatoms. The van der Waals surface area contributed by atoms with Crippen molar-refractivity contribution in [2.75, 3.05) is 0 Å². The van der Waals surface area contributed by atoms with Gasteiger partial charge in [0.25, 0.3) is 5.56 Å². The first-order chi connectivity index (χ1) is 9.00. The molecule has 2 aromatic rings. The van der Waals surface area contributed by atoms with E-state index >= 15 is 0 Å². The highest BCUT2D eigenvalue weighted by Crippen LogP contribution is 2.33. The highest BCUT2D eigenvalue weighted by Gasteiger charge is 2.20. The third kappa shape index (κ3) is 2.72. The molecule has 1 heterocycles. The van der Waals surface area contributed by atoms with Crippen molar-refractivity contribution in [1.29, 1.82) is 0 Å². The molecular weight excluding hydrogens is 365 g/mol. The number of benzene rings is 1. The average Bonchev–Trinajstić information content (AvgIpc) is 2.34. The van der Waals surface area contributed by atoms with E-state index in [2.05, 4.69) is 9.97 Å². The number of hydrogen-bond acceptors (Lipinski definition) is 5. The van der Waals surface area contributed by atoms with Crippen molar-refractivity contribution < 1.29 is 9.66 Å². The monoisotopic (exact) mass is 373 g/mol. The van der Waals surface area contributed by atoms with Gasteiger partial charge in [-0.15, -0.1) is 0 Å². The van der Waals surface area contributed by atoms with E-state index in [1.54, 1.807) is 41.6 Å². The lowest BCUT2D eigenvalue weighted by Crippen LogP contribution is -2.11. The molecule has 98 valence electrons. The first-order valence-electron chi connectivity index (χ1n) is 5.15. The molecule has 0 saturated heterocycles. The van der Waals surface area contributed by atoms with Crippen LogP contribution in [0.1, 0.15) is 5.56 Å². The molecule has 0 spiro atoms. The van der Waals surface area contributed by atoms with E-state index in [-0.39, 0.29) is 26.4 Å². The number of nitrogens with zero attached hydrogens (tertiary/aromatic N) is 2. The van der Waals surface area contributed by atoms with Crippen LogP contribution >= 0.6 is 22.6 Å². The maximum atomic E-state index is 11.4. The molecule has 0 unspecified atom stereocenters. The van der Waals surface area contributed by atoms with Crippen molar-refractivity contribution in [1.82, 2.24) is 9.97 Å². The van der Waals surface area contributed by atoms with Crippen LogP contribution in [-0.4, -0.2) is 14.9 Å². The number of nitro benzene ring substituents is 1. The Morgan fingerprint density at radius 3 is 2.89 bits per heavy atom. The molecule has 2 rings (SSSR count). The lowest BCUT2D eigenvalue weighted by atomic mass is 10.2. The summed E-state index contributed by atoms with van der Waals surface area (Å²) in [5, 5.41) is 11.0. The number of para-hydroxylation sites is 1. The first-order valence-corrected chi connectivity index (χ1v) is 6.23. The minimum absolute atomic E-state index is 0.0399. The lowest BCUT2D eigenvalue weighted by molar-refractivity contribution is -0.386. The van der Waals surface area contributed by atoms with E-state index in [0.717, 1.165) is 0 Å². The highest BCUT2D eigenvalue weighted by atomic mass is 127. The van der Waals surface area contributed by atoms with Gasteiger partial charge in [-0.1, -0.05) is 12.1 Å². The fourth-order valence-electron chi connectivity index (χ4n) is 1.49. The molecule has 7 nitrogen and oxygen atoms in total. The summed E-state index contributed by atoms with van der Waals surface area (Å²) in [6.45, 7) is 1.61. The summed E-state index contributed by atoms with van der Waals surface area (Å²) < 4.78 is 5.62. The number of aromatic amines is 1. The van der Waals surface area contributed by atoms with E-state index in [1.165, 1.54) is 12.4 Å². The zero-order chi connectivity index (χ0) is 14.0. The Morgan fingerprint density at radius 2 is 2.21 bits per heavy atom. The van der Waals surface area contributed by atoms with Crippen LogP contribution in [0.2, 0.25) is 0 Å². The Kier molecular flexibility index (Phi) is 3.79. The molecule has 0 radical (unpaired) electrons. The zero-order valence-corrected chi connectivity index (χ0v) is 11.9. The van der Waals surface area contributed by atoms with Gasteiger partial charge in [-0.05, 0) is 35.6 Å². The molecular formula is C11H8IN3O4. The van der Waals surface area contributed by atoms with Gasteiger partial charge < -0.3 is 9.72 Å². The molecule has 1 aromatic heterocycles. The van der Waals surface area contributed by atoms with Gasteiger partial charge in [0.1, 0.15) is 3.57 Å². The third-order valence-electron chi connectivity index (χ3n) is 2.35. The van der Waals surface area contributed by atoms with Gasteiger partial charge >= 0.3 is 5.69 Å². The number of nitrogens with one attached hydrogen (secondary N) is 1. The first kappa shape index (κ1) is 13.5. The van der Waals surface area contributed by atoms with Crippen LogP contribution in [0.5, 0.6) is 11.6 Å². The van der Waals surface area contributed by atoms with E-state index in [1.807, 2.05) is 0 Å². The molecule has 0 aliphatic heterocycles. The number of ether oxygens (including phenoxy) is 1. The van der Waals surface area contributed by atoms with Crippen LogP contribution in [0.3, 0.4) is 0 Å². The topological polar surface area (TPSA) is 98.1 Å². The average molecular weight is 373 g/mol. The summed E-state index contributed by atoms with van der Waals surface area (Å²) in [7, 11) is 0. The number of rotatable bonds is 3. The van der Waals surface area contributed by atoms with Crippen molar-refractivity contribution in [3.63, 3.8) is 0 Å². The number of halogens is 1. The van der Waals surface area contributed by atoms with Gasteiger partial charge in [0.15, 0.2) is 0 Å². The van der Waals surface area contributed by atoms with Crippen molar-refractivity contribution in [2.24, 2.45) is 0 Å². The zero-order valence-electron chi connectivity index (χ0n) is 9.71. The van der Waals surface area contributed by atoms with Gasteiger partial charge in [0.05, 0.1) is 11.3 Å². The van der Waals surface area contributed by atoms with E-state index < -0.39 is 4.92 Å². The van der Waals surface area contributed by atoms with E-state index in [0.29, 0.717) is 5.56 Å². The fraction of sp³-hybridized carbons (Fsp3) is 0.0909.